The lowest BCUT2D eigenvalue weighted by Gasteiger charge is -1.99. The molecule has 0 saturated carbocycles. The topological polar surface area (TPSA) is 0 Å². The van der Waals surface area contributed by atoms with Crippen molar-refractivity contribution < 1.29 is 0 Å². The molecule has 26 heavy (non-hydrogen) atoms. The first-order valence-electron chi connectivity index (χ1n) is 8.51. The van der Waals surface area contributed by atoms with Crippen LogP contribution in [0.4, 0.5) is 0 Å². The minimum atomic E-state index is 1.21. The predicted molar refractivity (Wildman–Crippen MR) is 121 cm³/mol. The number of benzene rings is 3. The molecule has 3 aromatic rings. The fourth-order valence-corrected chi connectivity index (χ4v) is 3.35. The molecule has 0 aromatic heterocycles. The molecule has 0 heterocycles. The normalized spacial score (nSPS) is 11.5. The van der Waals surface area contributed by atoms with Gasteiger partial charge in [0.2, 0.25) is 0 Å². The molecule has 3 aromatic carbocycles. The summed E-state index contributed by atoms with van der Waals surface area (Å²) in [7, 11) is 0. The molecular formula is C24H22S2. The number of hydrogen-bond donors (Lipinski definition) is 0. The van der Waals surface area contributed by atoms with E-state index >= 15 is 0 Å². The summed E-state index contributed by atoms with van der Waals surface area (Å²) in [5, 5.41) is 0. The fraction of sp³-hybridized carbons (Fsp3) is 0.0833. The molecule has 0 bridgehead atoms. The average molecular weight is 375 g/mol. The van der Waals surface area contributed by atoms with E-state index in [9.17, 15) is 0 Å². The molecule has 0 aliphatic carbocycles. The Hall–Kier alpha value is -2.16. The van der Waals surface area contributed by atoms with Crippen molar-refractivity contribution in [2.75, 3.05) is 12.5 Å². The quantitative estimate of drug-likeness (QED) is 0.324. The minimum absolute atomic E-state index is 1.21. The van der Waals surface area contributed by atoms with Crippen LogP contribution < -0.4 is 0 Å². The van der Waals surface area contributed by atoms with Gasteiger partial charge in [-0.3, -0.25) is 0 Å². The van der Waals surface area contributed by atoms with E-state index < -0.39 is 0 Å². The van der Waals surface area contributed by atoms with E-state index in [0.717, 1.165) is 0 Å². The zero-order valence-electron chi connectivity index (χ0n) is 15.1. The van der Waals surface area contributed by atoms with Gasteiger partial charge < -0.3 is 0 Å². The van der Waals surface area contributed by atoms with E-state index in [-0.39, 0.29) is 0 Å². The van der Waals surface area contributed by atoms with Crippen molar-refractivity contribution in [3.8, 4) is 0 Å². The highest BCUT2D eigenvalue weighted by Crippen LogP contribution is 2.18. The highest BCUT2D eigenvalue weighted by Gasteiger charge is 1.93. The van der Waals surface area contributed by atoms with Crippen LogP contribution >= 0.6 is 23.5 Å². The maximum atomic E-state index is 2.16. The van der Waals surface area contributed by atoms with E-state index in [1.165, 1.54) is 32.0 Å². The molecule has 0 saturated heterocycles. The summed E-state index contributed by atoms with van der Waals surface area (Å²) >= 11 is 3.53. The van der Waals surface area contributed by atoms with Crippen LogP contribution in [0.15, 0.2) is 82.6 Å². The Morgan fingerprint density at radius 1 is 0.423 bits per heavy atom. The van der Waals surface area contributed by atoms with Gasteiger partial charge in [-0.2, -0.15) is 0 Å². The lowest BCUT2D eigenvalue weighted by atomic mass is 10.1. The summed E-state index contributed by atoms with van der Waals surface area (Å²) in [5.74, 6) is 0. The monoisotopic (exact) mass is 374 g/mol. The van der Waals surface area contributed by atoms with Crippen LogP contribution in [-0.4, -0.2) is 12.5 Å². The predicted octanol–water partition coefficient (Wildman–Crippen LogP) is 7.47. The van der Waals surface area contributed by atoms with Gasteiger partial charge in [0.25, 0.3) is 0 Å². The van der Waals surface area contributed by atoms with E-state index in [0.29, 0.717) is 0 Å². The molecule has 0 aliphatic heterocycles. The summed E-state index contributed by atoms with van der Waals surface area (Å²) in [4.78, 5) is 2.59. The molecule has 0 amide bonds. The van der Waals surface area contributed by atoms with Crippen LogP contribution in [0.25, 0.3) is 24.3 Å². The molecule has 0 radical (unpaired) electrons. The van der Waals surface area contributed by atoms with Gasteiger partial charge in [-0.1, -0.05) is 72.8 Å². The van der Waals surface area contributed by atoms with Gasteiger partial charge in [-0.15, -0.1) is 23.5 Å². The van der Waals surface area contributed by atoms with Crippen molar-refractivity contribution in [1.82, 2.24) is 0 Å². The smallest absolute Gasteiger partial charge is 0.00695 e. The lowest BCUT2D eigenvalue weighted by Crippen LogP contribution is -1.77. The summed E-state index contributed by atoms with van der Waals surface area (Å²) in [6, 6.07) is 25.9. The van der Waals surface area contributed by atoms with Crippen LogP contribution in [0.2, 0.25) is 0 Å². The standard InChI is InChI=1S/C24H22S2/c1-25-23-15-11-21(12-16-23)9-7-19-3-5-20(6-4-19)8-10-22-13-17-24(26-2)18-14-22/h3-18H,1-2H3/b9-7+,10-8+. The number of hydrogen-bond acceptors (Lipinski definition) is 2. The Balaban J connectivity index is 1.63. The van der Waals surface area contributed by atoms with Gasteiger partial charge in [0.05, 0.1) is 0 Å². The Kier molecular flexibility index (Phi) is 6.82. The van der Waals surface area contributed by atoms with E-state index in [4.69, 9.17) is 0 Å². The van der Waals surface area contributed by atoms with Gasteiger partial charge in [0.15, 0.2) is 0 Å². The van der Waals surface area contributed by atoms with Crippen LogP contribution in [-0.2, 0) is 0 Å². The Labute approximate surface area is 165 Å². The molecule has 0 fully saturated rings. The van der Waals surface area contributed by atoms with Crippen molar-refractivity contribution in [3.05, 3.63) is 95.1 Å². The molecule has 0 N–H and O–H groups in total. The van der Waals surface area contributed by atoms with Crippen molar-refractivity contribution in [2.24, 2.45) is 0 Å². The Morgan fingerprint density at radius 3 is 0.885 bits per heavy atom. The third-order valence-electron chi connectivity index (χ3n) is 4.10. The first-order valence-corrected chi connectivity index (χ1v) is 11.0. The second-order valence-electron chi connectivity index (χ2n) is 5.88. The third kappa shape index (κ3) is 5.42. The van der Waals surface area contributed by atoms with Crippen molar-refractivity contribution in [2.45, 2.75) is 9.79 Å². The van der Waals surface area contributed by atoms with Crippen LogP contribution in [0.5, 0.6) is 0 Å². The maximum absolute atomic E-state index is 2.16. The van der Waals surface area contributed by atoms with E-state index in [1.54, 1.807) is 23.5 Å². The highest BCUT2D eigenvalue weighted by atomic mass is 32.2. The van der Waals surface area contributed by atoms with Gasteiger partial charge in [0, 0.05) is 9.79 Å². The Morgan fingerprint density at radius 2 is 0.654 bits per heavy atom. The summed E-state index contributed by atoms with van der Waals surface area (Å²) < 4.78 is 0. The molecule has 0 atom stereocenters. The summed E-state index contributed by atoms with van der Waals surface area (Å²) in [6.07, 6.45) is 12.8. The van der Waals surface area contributed by atoms with E-state index in [1.807, 2.05) is 0 Å². The molecule has 130 valence electrons. The fourth-order valence-electron chi connectivity index (χ4n) is 2.53. The highest BCUT2D eigenvalue weighted by molar-refractivity contribution is 7.98. The van der Waals surface area contributed by atoms with Crippen molar-refractivity contribution in [1.29, 1.82) is 0 Å². The minimum Gasteiger partial charge on any atom is -0.130 e. The molecule has 2 heteroatoms. The van der Waals surface area contributed by atoms with Crippen LogP contribution in [0, 0.1) is 0 Å². The van der Waals surface area contributed by atoms with Crippen molar-refractivity contribution >= 4 is 47.8 Å². The number of thioether (sulfide) groups is 2. The molecule has 0 unspecified atom stereocenters. The van der Waals surface area contributed by atoms with Gasteiger partial charge >= 0.3 is 0 Å². The third-order valence-corrected chi connectivity index (χ3v) is 5.59. The zero-order chi connectivity index (χ0) is 18.2. The molecule has 3 rings (SSSR count). The molecule has 0 spiro atoms. The zero-order valence-corrected chi connectivity index (χ0v) is 16.7. The second-order valence-corrected chi connectivity index (χ2v) is 7.64. The molecule has 0 nitrogen and oxygen atoms in total. The number of rotatable bonds is 6. The first-order chi connectivity index (χ1) is 12.8. The first kappa shape index (κ1) is 18.6. The SMILES string of the molecule is CSc1ccc(/C=C/c2ccc(/C=C/c3ccc(SC)cc3)cc2)cc1. The van der Waals surface area contributed by atoms with Gasteiger partial charge in [0.1, 0.15) is 0 Å². The van der Waals surface area contributed by atoms with Gasteiger partial charge in [-0.25, -0.2) is 0 Å². The summed E-state index contributed by atoms with van der Waals surface area (Å²) in [5.41, 5.74) is 4.86. The second kappa shape index (κ2) is 9.51. The average Bonchev–Trinajstić information content (AvgIpc) is 2.72. The lowest BCUT2D eigenvalue weighted by molar-refractivity contribution is 1.45. The van der Waals surface area contributed by atoms with Gasteiger partial charge in [-0.05, 0) is 59.0 Å². The largest absolute Gasteiger partial charge is 0.130 e. The molecule has 0 aliphatic rings. The van der Waals surface area contributed by atoms with Crippen molar-refractivity contribution in [3.63, 3.8) is 0 Å². The molecular weight excluding hydrogens is 352 g/mol. The summed E-state index contributed by atoms with van der Waals surface area (Å²) in [6.45, 7) is 0. The maximum Gasteiger partial charge on any atom is 0.00695 e. The van der Waals surface area contributed by atoms with E-state index in [2.05, 4.69) is 110 Å². The van der Waals surface area contributed by atoms with Crippen LogP contribution in [0.1, 0.15) is 22.3 Å². The van der Waals surface area contributed by atoms with Crippen LogP contribution in [0.3, 0.4) is 0 Å². The Bertz CT molecular complexity index is 795.